The van der Waals surface area contributed by atoms with E-state index in [4.69, 9.17) is 0 Å². The molecular formula is H6FNOSi. The summed E-state index contributed by atoms with van der Waals surface area (Å²) < 4.78 is 0. The Morgan fingerprint density at radius 3 is 1.00 bits per heavy atom. The molecular weight excluding hydrogens is 77.1 g/mol. The molecule has 0 aromatic rings. The first-order valence-electron chi connectivity index (χ1n) is 0. The van der Waals surface area contributed by atoms with Crippen LogP contribution in [0.15, 0.2) is 0 Å². The van der Waals surface area contributed by atoms with E-state index in [1.54, 1.807) is 0 Å². The third kappa shape index (κ3) is 526. The molecule has 0 atom stereocenters. The second-order valence-corrected chi connectivity index (χ2v) is 0. The average molecular weight is 83.1 g/mol. The van der Waals surface area contributed by atoms with Gasteiger partial charge in [-0.3, -0.25) is 4.70 Å². The molecule has 0 fully saturated rings. The first-order valence-corrected chi connectivity index (χ1v) is 0. The third-order valence-electron chi connectivity index (χ3n) is 0. The van der Waals surface area contributed by atoms with E-state index in [1.807, 2.05) is 0 Å². The van der Waals surface area contributed by atoms with Crippen LogP contribution in [0.1, 0.15) is 0 Å². The number of halogens is 1. The maximum atomic E-state index is 0. The highest BCUT2D eigenvalue weighted by Gasteiger charge is 0.00000911. The van der Waals surface area contributed by atoms with E-state index >= 15 is 0 Å². The van der Waals surface area contributed by atoms with E-state index < -0.39 is 0 Å². The Morgan fingerprint density at radius 2 is 1.00 bits per heavy atom. The van der Waals surface area contributed by atoms with E-state index in [-0.39, 0.29) is 27.3 Å². The van der Waals surface area contributed by atoms with Crippen LogP contribution in [0.3, 0.4) is 0 Å². The van der Waals surface area contributed by atoms with Gasteiger partial charge in [0.25, 0.3) is 0 Å². The fourth-order valence-corrected chi connectivity index (χ4v) is 0. The summed E-state index contributed by atoms with van der Waals surface area (Å²) in [5.41, 5.74) is 0. The van der Waals surface area contributed by atoms with Crippen molar-refractivity contribution in [2.24, 2.45) is 0 Å². The van der Waals surface area contributed by atoms with Crippen LogP contribution in [-0.2, 0) is 0 Å². The van der Waals surface area contributed by atoms with Gasteiger partial charge in [0.05, 0.1) is 0 Å². The van der Waals surface area contributed by atoms with Gasteiger partial charge in [-0.25, -0.2) is 0 Å². The SMILES string of the molecule is F.N.O.[Si]. The topological polar surface area (TPSA) is 66.5 Å². The molecule has 0 heterocycles. The molecule has 2 nitrogen and oxygen atoms in total. The number of rotatable bonds is 0. The van der Waals surface area contributed by atoms with E-state index in [0.717, 1.165) is 0 Å². The Kier molecular flexibility index (Phi) is 6260000. The minimum absolute atomic E-state index is 0. The van der Waals surface area contributed by atoms with E-state index in [2.05, 4.69) is 0 Å². The third-order valence-corrected chi connectivity index (χ3v) is 0. The molecule has 0 bridgehead atoms. The summed E-state index contributed by atoms with van der Waals surface area (Å²) in [5.74, 6) is 0. The van der Waals surface area contributed by atoms with Crippen LogP contribution < -0.4 is 6.15 Å². The summed E-state index contributed by atoms with van der Waals surface area (Å²) in [5, 5.41) is 0. The summed E-state index contributed by atoms with van der Waals surface area (Å²) in [6.45, 7) is 0. The first-order chi connectivity index (χ1) is 0. The van der Waals surface area contributed by atoms with Crippen LogP contribution in [0.4, 0.5) is 4.70 Å². The van der Waals surface area contributed by atoms with Gasteiger partial charge in [-0.1, -0.05) is 0 Å². The Hall–Kier alpha value is 0.0669. The molecule has 0 aromatic heterocycles. The van der Waals surface area contributed by atoms with Gasteiger partial charge in [-0.2, -0.15) is 0 Å². The lowest BCUT2D eigenvalue weighted by Crippen LogP contribution is -0.481. The lowest BCUT2D eigenvalue weighted by Gasteiger charge is -0.412. The van der Waals surface area contributed by atoms with Crippen LogP contribution in [0, 0.1) is 0 Å². The molecule has 0 spiro atoms. The second kappa shape index (κ2) is 2930. The van der Waals surface area contributed by atoms with Gasteiger partial charge >= 0.3 is 0 Å². The minimum atomic E-state index is 0. The highest BCUT2D eigenvalue weighted by atomic mass is 28.1. The molecule has 0 unspecified atom stereocenters. The van der Waals surface area contributed by atoms with Gasteiger partial charge in [0.15, 0.2) is 0 Å². The standard InChI is InChI=1S/FH.H3N.H2O.Si/h1H;1H3;1H2;. The smallest absolute Gasteiger partial charge is 0 e. The molecule has 0 aliphatic carbocycles. The van der Waals surface area contributed by atoms with E-state index in [1.165, 1.54) is 0 Å². The maximum Gasteiger partial charge on any atom is 0 e. The van der Waals surface area contributed by atoms with Crippen molar-refractivity contribution in [1.29, 1.82) is 0 Å². The van der Waals surface area contributed by atoms with E-state index in [0.29, 0.717) is 0 Å². The summed E-state index contributed by atoms with van der Waals surface area (Å²) in [4.78, 5) is 0. The Balaban J connectivity index is 0. The monoisotopic (exact) mass is 83.0 g/mol. The summed E-state index contributed by atoms with van der Waals surface area (Å²) in [6, 6.07) is 0. The van der Waals surface area contributed by atoms with E-state index in [9.17, 15) is 0 Å². The van der Waals surface area contributed by atoms with Gasteiger partial charge in [-0.15, -0.1) is 0 Å². The van der Waals surface area contributed by atoms with Gasteiger partial charge in [-0.05, 0) is 0 Å². The quantitative estimate of drug-likeness (QED) is 0.379. The predicted molar refractivity (Wildman–Crippen MR) is 16.9 cm³/mol. The molecule has 0 amide bonds. The fraction of sp³-hybridized carbons (Fsp3) is 0. The summed E-state index contributed by atoms with van der Waals surface area (Å²) in [7, 11) is 0. The van der Waals surface area contributed by atoms with Crippen LogP contribution in [0.2, 0.25) is 0 Å². The van der Waals surface area contributed by atoms with Crippen molar-refractivity contribution in [1.82, 2.24) is 6.15 Å². The molecule has 4 heavy (non-hydrogen) atoms. The van der Waals surface area contributed by atoms with Crippen LogP contribution in [0.5, 0.6) is 0 Å². The zero-order chi connectivity index (χ0) is 0. The first kappa shape index (κ1) is 8550. The van der Waals surface area contributed by atoms with Crippen molar-refractivity contribution in [2.45, 2.75) is 0 Å². The van der Waals surface area contributed by atoms with Gasteiger partial charge in [0.2, 0.25) is 0 Å². The fourth-order valence-electron chi connectivity index (χ4n) is 0. The van der Waals surface area contributed by atoms with Crippen molar-refractivity contribution in [3.8, 4) is 0 Å². The van der Waals surface area contributed by atoms with Crippen molar-refractivity contribution < 1.29 is 10.2 Å². The molecule has 0 aliphatic heterocycles. The van der Waals surface area contributed by atoms with Crippen molar-refractivity contribution in [3.63, 3.8) is 0 Å². The highest BCUT2D eigenvalue weighted by molar-refractivity contribution is 5.75. The molecule has 0 aliphatic rings. The lowest BCUT2D eigenvalue weighted by atomic mass is 14.0. The van der Waals surface area contributed by atoms with Crippen LogP contribution in [0.25, 0.3) is 0 Å². The van der Waals surface area contributed by atoms with Gasteiger partial charge in [0.1, 0.15) is 0 Å². The highest BCUT2D eigenvalue weighted by Crippen LogP contribution is 0.420. The van der Waals surface area contributed by atoms with Crippen LogP contribution >= 0.6 is 0 Å². The largest absolute Gasteiger partial charge is 0.412 e. The van der Waals surface area contributed by atoms with Crippen molar-refractivity contribution >= 4 is 11.0 Å². The minimum Gasteiger partial charge on any atom is -0.412 e. The molecule has 0 rings (SSSR count). The van der Waals surface area contributed by atoms with Crippen LogP contribution in [-0.4, -0.2) is 16.4 Å². The average Bonchev–Trinajstić information content (AvgIpc) is 0. The van der Waals surface area contributed by atoms with Gasteiger partial charge < -0.3 is 11.6 Å². The normalized spacial score (nSPS) is 0. The zero-order valence-electron chi connectivity index (χ0n) is 2.12. The number of hydrogen-bond donors (Lipinski definition) is 1. The molecule has 0 aromatic carbocycles. The molecule has 28 valence electrons. The van der Waals surface area contributed by atoms with Gasteiger partial charge in [0, 0.05) is 11.0 Å². The Bertz CT molecular complexity index is 8.00. The Morgan fingerprint density at radius 1 is 1.00 bits per heavy atom. The molecule has 0 saturated carbocycles. The molecule has 4 heteroatoms. The molecule has 0 saturated heterocycles. The lowest BCUT2D eigenvalue weighted by molar-refractivity contribution is 0.824. The summed E-state index contributed by atoms with van der Waals surface area (Å²) in [6.07, 6.45) is 0. The molecule has 5 N–H and O–H groups in total. The maximum absolute atomic E-state index is 0. The second-order valence-electron chi connectivity index (χ2n) is 0. The molecule has 4 radical (unpaired) electrons. The predicted octanol–water partition coefficient (Wildman–Crippen LogP) is -0.891. The van der Waals surface area contributed by atoms with Crippen molar-refractivity contribution in [2.75, 3.05) is 0 Å². The Labute approximate surface area is 28.5 Å². The van der Waals surface area contributed by atoms with Crippen molar-refractivity contribution in [3.05, 3.63) is 0 Å². The summed E-state index contributed by atoms with van der Waals surface area (Å²) >= 11 is 0. The number of hydrogen-bond acceptors (Lipinski definition) is 1. The zero-order valence-corrected chi connectivity index (χ0v) is 3.12.